The van der Waals surface area contributed by atoms with E-state index in [4.69, 9.17) is 4.74 Å². The predicted octanol–water partition coefficient (Wildman–Crippen LogP) is 5.31. The van der Waals surface area contributed by atoms with Crippen LogP contribution in [0.15, 0.2) is 72.8 Å². The van der Waals surface area contributed by atoms with E-state index in [1.807, 2.05) is 66.7 Å². The Morgan fingerprint density at radius 3 is 2.65 bits per heavy atom. The second kappa shape index (κ2) is 11.8. The van der Waals surface area contributed by atoms with Crippen LogP contribution in [0.3, 0.4) is 0 Å². The number of para-hydroxylation sites is 1. The van der Waals surface area contributed by atoms with Crippen molar-refractivity contribution in [1.82, 2.24) is 9.97 Å². The molecule has 0 spiro atoms. The van der Waals surface area contributed by atoms with Gasteiger partial charge < -0.3 is 19.8 Å². The number of carbonyl (C=O) groups is 1. The highest BCUT2D eigenvalue weighted by atomic mass is 32.1. The Labute approximate surface area is 239 Å². The Bertz CT molecular complexity index is 1600. The summed E-state index contributed by atoms with van der Waals surface area (Å²) < 4.78 is 6.84. The Morgan fingerprint density at radius 2 is 1.82 bits per heavy atom. The second-order valence-electron chi connectivity index (χ2n) is 9.52. The number of aromatic nitrogens is 2. The first-order valence-corrected chi connectivity index (χ1v) is 14.7. The van der Waals surface area contributed by atoms with Crippen LogP contribution in [0.4, 0.5) is 10.3 Å². The van der Waals surface area contributed by atoms with Crippen LogP contribution in [0, 0.1) is 0 Å². The van der Waals surface area contributed by atoms with Crippen molar-refractivity contribution in [2.24, 2.45) is 0 Å². The van der Waals surface area contributed by atoms with E-state index in [2.05, 4.69) is 26.3 Å². The SMILES string of the molecule is O=C(Nc1nc2ccccc2s1)c1cccc2c1CN(c1nc(C(O)O)c(CCOCc3ccccc3)s1)CC2. The molecule has 1 aliphatic rings. The summed E-state index contributed by atoms with van der Waals surface area (Å²) in [5.41, 5.74) is 4.88. The molecule has 0 fully saturated rings. The lowest BCUT2D eigenvalue weighted by molar-refractivity contribution is -0.0461. The minimum absolute atomic E-state index is 0.195. The highest BCUT2D eigenvalue weighted by Crippen LogP contribution is 2.34. The van der Waals surface area contributed by atoms with E-state index in [0.29, 0.717) is 48.6 Å². The lowest BCUT2D eigenvalue weighted by atomic mass is 9.94. The summed E-state index contributed by atoms with van der Waals surface area (Å²) in [4.78, 5) is 25.4. The van der Waals surface area contributed by atoms with E-state index in [1.54, 1.807) is 0 Å². The average molecular weight is 573 g/mol. The lowest BCUT2D eigenvalue weighted by Gasteiger charge is -2.29. The van der Waals surface area contributed by atoms with Gasteiger partial charge in [0.1, 0.15) is 5.69 Å². The van der Waals surface area contributed by atoms with Crippen molar-refractivity contribution in [3.05, 3.63) is 106 Å². The zero-order valence-corrected chi connectivity index (χ0v) is 23.3. The van der Waals surface area contributed by atoms with Gasteiger partial charge in [-0.15, -0.1) is 11.3 Å². The average Bonchev–Trinajstić information content (AvgIpc) is 3.59. The number of nitrogens with one attached hydrogen (secondary N) is 1. The van der Waals surface area contributed by atoms with Gasteiger partial charge in [0, 0.05) is 30.0 Å². The number of rotatable bonds is 9. The van der Waals surface area contributed by atoms with Gasteiger partial charge in [-0.2, -0.15) is 0 Å². The summed E-state index contributed by atoms with van der Waals surface area (Å²) in [5.74, 6) is -0.195. The molecule has 0 unspecified atom stereocenters. The predicted molar refractivity (Wildman–Crippen MR) is 158 cm³/mol. The van der Waals surface area contributed by atoms with Gasteiger partial charge in [-0.1, -0.05) is 65.9 Å². The standard InChI is InChI=1S/C30H28N4O4S2/c35-27(33-29-31-23-11-4-5-12-24(23)39-29)21-10-6-9-20-13-15-34(17-22(20)21)30-32-26(28(36)37)25(40-30)14-16-38-18-19-7-2-1-3-8-19/h1-12,28,36-37H,13-18H2,(H,31,33,35). The smallest absolute Gasteiger partial charge is 0.257 e. The molecule has 1 aliphatic heterocycles. The third-order valence-corrected chi connectivity index (χ3v) is 8.99. The quantitative estimate of drug-likeness (QED) is 0.162. The van der Waals surface area contributed by atoms with Crippen molar-refractivity contribution < 1.29 is 19.7 Å². The van der Waals surface area contributed by atoms with Crippen LogP contribution in [0.2, 0.25) is 0 Å². The third-order valence-electron chi connectivity index (χ3n) is 6.85. The highest BCUT2D eigenvalue weighted by molar-refractivity contribution is 7.22. The zero-order valence-electron chi connectivity index (χ0n) is 21.6. The van der Waals surface area contributed by atoms with E-state index < -0.39 is 6.29 Å². The van der Waals surface area contributed by atoms with Gasteiger partial charge >= 0.3 is 0 Å². The zero-order chi connectivity index (χ0) is 27.5. The number of hydrogen-bond donors (Lipinski definition) is 3. The molecule has 0 atom stereocenters. The van der Waals surface area contributed by atoms with E-state index in [1.165, 1.54) is 22.7 Å². The molecule has 8 nitrogen and oxygen atoms in total. The fraction of sp³-hybridized carbons (Fsp3) is 0.233. The van der Waals surface area contributed by atoms with Crippen molar-refractivity contribution in [1.29, 1.82) is 0 Å². The number of ether oxygens (including phenoxy) is 1. The maximum absolute atomic E-state index is 13.3. The molecule has 40 heavy (non-hydrogen) atoms. The van der Waals surface area contributed by atoms with Gasteiger partial charge in [-0.05, 0) is 41.3 Å². The molecule has 6 rings (SSSR count). The molecular weight excluding hydrogens is 544 g/mol. The van der Waals surface area contributed by atoms with Crippen LogP contribution < -0.4 is 10.2 Å². The molecule has 3 N–H and O–H groups in total. The normalized spacial score (nSPS) is 13.1. The summed E-state index contributed by atoms with van der Waals surface area (Å²) in [6, 6.07) is 23.5. The van der Waals surface area contributed by atoms with E-state index >= 15 is 0 Å². The number of benzene rings is 3. The maximum Gasteiger partial charge on any atom is 0.257 e. The van der Waals surface area contributed by atoms with Crippen LogP contribution in [0.5, 0.6) is 0 Å². The molecule has 10 heteroatoms. The molecule has 204 valence electrons. The van der Waals surface area contributed by atoms with Crippen molar-refractivity contribution in [2.75, 3.05) is 23.4 Å². The molecular formula is C30H28N4O4S2. The first-order chi connectivity index (χ1) is 19.5. The number of amides is 1. The third kappa shape index (κ3) is 5.77. The van der Waals surface area contributed by atoms with Crippen LogP contribution in [-0.2, 0) is 30.7 Å². The molecule has 0 saturated carbocycles. The monoisotopic (exact) mass is 572 g/mol. The molecule has 0 saturated heterocycles. The topological polar surface area (TPSA) is 108 Å². The Hall–Kier alpha value is -3.67. The van der Waals surface area contributed by atoms with Gasteiger partial charge in [0.2, 0.25) is 0 Å². The lowest BCUT2D eigenvalue weighted by Crippen LogP contribution is -2.32. The van der Waals surface area contributed by atoms with Crippen molar-refractivity contribution in [2.45, 2.75) is 32.3 Å². The van der Waals surface area contributed by atoms with Crippen molar-refractivity contribution >= 4 is 49.1 Å². The molecule has 2 aromatic heterocycles. The second-order valence-corrected chi connectivity index (χ2v) is 11.6. The Morgan fingerprint density at radius 1 is 1.00 bits per heavy atom. The summed E-state index contributed by atoms with van der Waals surface area (Å²) in [7, 11) is 0. The van der Waals surface area contributed by atoms with E-state index in [9.17, 15) is 15.0 Å². The van der Waals surface area contributed by atoms with Crippen LogP contribution in [0.1, 0.15) is 43.9 Å². The fourth-order valence-electron chi connectivity index (χ4n) is 4.84. The van der Waals surface area contributed by atoms with Gasteiger partial charge in [0.15, 0.2) is 16.6 Å². The Balaban J connectivity index is 1.17. The van der Waals surface area contributed by atoms with Gasteiger partial charge in [-0.3, -0.25) is 10.1 Å². The maximum atomic E-state index is 13.3. The number of aliphatic hydroxyl groups excluding tert-OH is 1. The number of anilines is 2. The number of carbonyl (C=O) groups excluding carboxylic acids is 1. The van der Waals surface area contributed by atoms with Crippen LogP contribution in [-0.4, -0.2) is 39.2 Å². The molecule has 0 aliphatic carbocycles. The summed E-state index contributed by atoms with van der Waals surface area (Å²) in [6.45, 7) is 2.15. The van der Waals surface area contributed by atoms with Gasteiger partial charge in [0.05, 0.1) is 23.4 Å². The first kappa shape index (κ1) is 26.5. The molecule has 0 radical (unpaired) electrons. The minimum atomic E-state index is -1.67. The van der Waals surface area contributed by atoms with E-state index in [0.717, 1.165) is 38.2 Å². The Kier molecular flexibility index (Phi) is 7.85. The van der Waals surface area contributed by atoms with Gasteiger partial charge in [0.25, 0.3) is 5.91 Å². The number of aliphatic hydroxyl groups is 2. The number of nitrogens with zero attached hydrogens (tertiary/aromatic N) is 3. The fourth-order valence-corrected chi connectivity index (χ4v) is 6.79. The van der Waals surface area contributed by atoms with Gasteiger partial charge in [-0.25, -0.2) is 9.97 Å². The summed E-state index contributed by atoms with van der Waals surface area (Å²) >= 11 is 2.89. The molecule has 5 aromatic rings. The minimum Gasteiger partial charge on any atom is -0.376 e. The van der Waals surface area contributed by atoms with Crippen LogP contribution >= 0.6 is 22.7 Å². The summed E-state index contributed by atoms with van der Waals surface area (Å²) in [5, 5.41) is 24.2. The molecule has 3 aromatic carbocycles. The van der Waals surface area contributed by atoms with Crippen molar-refractivity contribution in [3.8, 4) is 0 Å². The number of thiazole rings is 2. The highest BCUT2D eigenvalue weighted by Gasteiger charge is 2.26. The van der Waals surface area contributed by atoms with E-state index in [-0.39, 0.29) is 11.6 Å². The number of fused-ring (bicyclic) bond motifs is 2. The molecule has 0 bridgehead atoms. The van der Waals surface area contributed by atoms with Crippen LogP contribution in [0.25, 0.3) is 10.2 Å². The molecule has 1 amide bonds. The largest absolute Gasteiger partial charge is 0.376 e. The molecule has 3 heterocycles. The number of hydrogen-bond acceptors (Lipinski definition) is 9. The first-order valence-electron chi connectivity index (χ1n) is 13.0. The van der Waals surface area contributed by atoms with Crippen molar-refractivity contribution in [3.63, 3.8) is 0 Å². The summed E-state index contributed by atoms with van der Waals surface area (Å²) in [6.07, 6.45) is -0.386.